The molecule has 1 atom stereocenters. The van der Waals surface area contributed by atoms with E-state index >= 15 is 0 Å². The van der Waals surface area contributed by atoms with Crippen LogP contribution in [0.4, 0.5) is 5.69 Å². The highest BCUT2D eigenvalue weighted by Gasteiger charge is 2.31. The molecule has 0 bridgehead atoms. The van der Waals surface area contributed by atoms with Crippen LogP contribution < -0.4 is 24.4 Å². The number of non-ortho nitro benzene ring substituents is 1. The number of fused-ring (bicyclic) bond motifs is 1. The highest BCUT2D eigenvalue weighted by molar-refractivity contribution is 6.20. The van der Waals surface area contributed by atoms with Gasteiger partial charge < -0.3 is 18.9 Å². The lowest BCUT2D eigenvalue weighted by atomic mass is 9.99. The van der Waals surface area contributed by atoms with Gasteiger partial charge in [0.15, 0.2) is 11.5 Å². The Morgan fingerprint density at radius 3 is 2.61 bits per heavy atom. The first-order valence-electron chi connectivity index (χ1n) is 9.15. The number of carbonyl (C=O) groups excluding carboxylic acids is 1. The van der Waals surface area contributed by atoms with Crippen molar-refractivity contribution in [2.45, 2.75) is 18.7 Å². The van der Waals surface area contributed by atoms with Crippen LogP contribution in [-0.4, -0.2) is 43.4 Å². The number of methoxy groups -OCH3 is 2. The lowest BCUT2D eigenvalue weighted by Crippen LogP contribution is -2.18. The monoisotopic (exact) mass is 449 g/mol. The molecule has 2 aromatic rings. The average Bonchev–Trinajstić information content (AvgIpc) is 3.22. The molecule has 10 nitrogen and oxygen atoms in total. The van der Waals surface area contributed by atoms with Crippen molar-refractivity contribution in [1.82, 2.24) is 5.43 Å². The van der Waals surface area contributed by atoms with Gasteiger partial charge in [0.2, 0.25) is 18.3 Å². The number of nitrogens with one attached hydrogen (secondary N) is 1. The van der Waals surface area contributed by atoms with E-state index in [4.69, 9.17) is 30.5 Å². The van der Waals surface area contributed by atoms with Gasteiger partial charge in [-0.2, -0.15) is 5.10 Å². The molecule has 0 radical (unpaired) electrons. The van der Waals surface area contributed by atoms with E-state index in [1.165, 1.54) is 38.6 Å². The second-order valence-corrected chi connectivity index (χ2v) is 7.26. The van der Waals surface area contributed by atoms with E-state index in [0.29, 0.717) is 40.5 Å². The molecule has 0 aliphatic carbocycles. The first-order chi connectivity index (χ1) is 14.9. The predicted octanol–water partition coefficient (Wildman–Crippen LogP) is 3.27. The highest BCUT2D eigenvalue weighted by atomic mass is 35.5. The zero-order chi connectivity index (χ0) is 22.5. The van der Waals surface area contributed by atoms with Crippen molar-refractivity contribution >= 4 is 29.4 Å². The summed E-state index contributed by atoms with van der Waals surface area (Å²) in [5, 5.41) is 14.7. The minimum absolute atomic E-state index is 0.00202. The first kappa shape index (κ1) is 22.2. The molecule has 0 saturated heterocycles. The first-order valence-corrected chi connectivity index (χ1v) is 9.59. The Morgan fingerprint density at radius 1 is 1.32 bits per heavy atom. The van der Waals surface area contributed by atoms with Crippen molar-refractivity contribution in [2.75, 3.05) is 21.0 Å². The van der Waals surface area contributed by atoms with Crippen LogP contribution in [0.25, 0.3) is 0 Å². The number of nitro groups is 1. The molecule has 0 spiro atoms. The Hall–Kier alpha value is -3.53. The molecular formula is C20H20ClN3O7. The van der Waals surface area contributed by atoms with Gasteiger partial charge in [-0.05, 0) is 19.4 Å². The fourth-order valence-electron chi connectivity index (χ4n) is 3.15. The Labute approximate surface area is 182 Å². The van der Waals surface area contributed by atoms with Gasteiger partial charge in [-0.25, -0.2) is 5.43 Å². The van der Waals surface area contributed by atoms with Gasteiger partial charge in [0, 0.05) is 34.2 Å². The van der Waals surface area contributed by atoms with Gasteiger partial charge in [0.1, 0.15) is 0 Å². The number of nitro benzene ring substituents is 1. The van der Waals surface area contributed by atoms with Gasteiger partial charge >= 0.3 is 0 Å². The third-order valence-corrected chi connectivity index (χ3v) is 4.60. The Bertz CT molecular complexity index is 1040. The number of carbonyl (C=O) groups is 1. The quantitative estimate of drug-likeness (QED) is 0.284. The summed E-state index contributed by atoms with van der Waals surface area (Å²) in [6.07, 6.45) is 1.78. The Balaban J connectivity index is 1.96. The molecule has 11 heteroatoms. The number of hydrogen-bond acceptors (Lipinski definition) is 8. The molecule has 3 rings (SSSR count). The van der Waals surface area contributed by atoms with E-state index in [2.05, 4.69) is 10.5 Å². The highest BCUT2D eigenvalue weighted by Crippen LogP contribution is 2.52. The van der Waals surface area contributed by atoms with Crippen LogP contribution in [-0.2, 0) is 6.42 Å². The summed E-state index contributed by atoms with van der Waals surface area (Å²) in [6, 6.07) is 5.32. The van der Waals surface area contributed by atoms with E-state index in [1.807, 2.05) is 6.92 Å². The standard InChI is InChI=1S/C20H20ClN3O7/c1-11(21)7-14-15(17(29-3)19-18(16(14)28-2)30-10-31-19)9-22-23-20(25)12-5-4-6-13(8-12)24(26)27/h4-6,8-9,11H,7,10H2,1-3H3,(H,23,25)/b22-9-/t11-/m1/s1. The number of halogens is 1. The molecule has 1 amide bonds. The topological polar surface area (TPSA) is 122 Å². The predicted molar refractivity (Wildman–Crippen MR) is 113 cm³/mol. The van der Waals surface area contributed by atoms with Gasteiger partial charge in [-0.1, -0.05) is 6.07 Å². The molecule has 1 N–H and O–H groups in total. The summed E-state index contributed by atoms with van der Waals surface area (Å²) < 4.78 is 22.1. The molecule has 1 heterocycles. The third kappa shape index (κ3) is 4.64. The maximum absolute atomic E-state index is 12.4. The van der Waals surface area contributed by atoms with Crippen molar-refractivity contribution in [3.8, 4) is 23.0 Å². The van der Waals surface area contributed by atoms with Crippen molar-refractivity contribution in [2.24, 2.45) is 5.10 Å². The summed E-state index contributed by atoms with van der Waals surface area (Å²) in [7, 11) is 2.97. The van der Waals surface area contributed by atoms with Crippen LogP contribution in [0.1, 0.15) is 28.4 Å². The zero-order valence-corrected chi connectivity index (χ0v) is 17.8. The normalized spacial score (nSPS) is 13.2. The van der Waals surface area contributed by atoms with Crippen LogP contribution >= 0.6 is 11.6 Å². The van der Waals surface area contributed by atoms with Crippen molar-refractivity contribution in [1.29, 1.82) is 0 Å². The van der Waals surface area contributed by atoms with Crippen LogP contribution in [0.3, 0.4) is 0 Å². The molecular weight excluding hydrogens is 430 g/mol. The molecule has 31 heavy (non-hydrogen) atoms. The molecule has 1 aliphatic heterocycles. The van der Waals surface area contributed by atoms with E-state index in [0.717, 1.165) is 6.07 Å². The number of hydrazone groups is 1. The van der Waals surface area contributed by atoms with E-state index < -0.39 is 10.8 Å². The summed E-state index contributed by atoms with van der Waals surface area (Å²) in [5.41, 5.74) is 3.42. The second-order valence-electron chi connectivity index (χ2n) is 6.51. The number of benzene rings is 2. The number of nitrogens with zero attached hydrogens (tertiary/aromatic N) is 2. The van der Waals surface area contributed by atoms with Crippen LogP contribution in [0, 0.1) is 10.1 Å². The number of rotatable bonds is 8. The van der Waals surface area contributed by atoms with E-state index in [-0.39, 0.29) is 23.4 Å². The Kier molecular flexibility index (Phi) is 6.81. The van der Waals surface area contributed by atoms with E-state index in [9.17, 15) is 14.9 Å². The summed E-state index contributed by atoms with van der Waals surface area (Å²) in [4.78, 5) is 22.7. The fraction of sp³-hybridized carbons (Fsp3) is 0.300. The smallest absolute Gasteiger partial charge is 0.271 e. The molecule has 0 unspecified atom stereocenters. The minimum Gasteiger partial charge on any atom is -0.492 e. The van der Waals surface area contributed by atoms with E-state index in [1.54, 1.807) is 0 Å². The fourth-order valence-corrected chi connectivity index (χ4v) is 3.31. The molecule has 164 valence electrons. The van der Waals surface area contributed by atoms with Crippen LogP contribution in [0.2, 0.25) is 0 Å². The number of hydrogen-bond donors (Lipinski definition) is 1. The number of ether oxygens (including phenoxy) is 4. The van der Waals surface area contributed by atoms with Crippen molar-refractivity contribution in [3.05, 3.63) is 51.1 Å². The summed E-state index contributed by atoms with van der Waals surface area (Å²) in [6.45, 7) is 1.82. The largest absolute Gasteiger partial charge is 0.492 e. The molecule has 0 saturated carbocycles. The minimum atomic E-state index is -0.612. The maximum atomic E-state index is 12.4. The summed E-state index contributed by atoms with van der Waals surface area (Å²) in [5.74, 6) is 0.946. The van der Waals surface area contributed by atoms with Gasteiger partial charge in [0.05, 0.1) is 25.4 Å². The van der Waals surface area contributed by atoms with Gasteiger partial charge in [-0.3, -0.25) is 14.9 Å². The average molecular weight is 450 g/mol. The number of amides is 1. The molecule has 1 aliphatic rings. The molecule has 0 aromatic heterocycles. The van der Waals surface area contributed by atoms with Gasteiger partial charge in [0.25, 0.3) is 11.6 Å². The van der Waals surface area contributed by atoms with Gasteiger partial charge in [-0.15, -0.1) is 11.6 Å². The molecule has 2 aromatic carbocycles. The number of alkyl halides is 1. The Morgan fingerprint density at radius 2 is 2.00 bits per heavy atom. The maximum Gasteiger partial charge on any atom is 0.271 e. The van der Waals surface area contributed by atoms with Crippen molar-refractivity contribution in [3.63, 3.8) is 0 Å². The van der Waals surface area contributed by atoms with Crippen LogP contribution in [0.15, 0.2) is 29.4 Å². The third-order valence-electron chi connectivity index (χ3n) is 4.44. The SMILES string of the molecule is COc1c(/C=N\NC(=O)c2cccc([N+](=O)[O-])c2)c(C[C@@H](C)Cl)c(OC)c2c1OCO2. The van der Waals surface area contributed by atoms with Crippen LogP contribution in [0.5, 0.6) is 23.0 Å². The zero-order valence-electron chi connectivity index (χ0n) is 17.0. The second kappa shape index (κ2) is 9.52. The molecule has 0 fully saturated rings. The summed E-state index contributed by atoms with van der Waals surface area (Å²) >= 11 is 6.23. The lowest BCUT2D eigenvalue weighted by Gasteiger charge is -2.18. The van der Waals surface area contributed by atoms with Crippen molar-refractivity contribution < 1.29 is 28.7 Å². The lowest BCUT2D eigenvalue weighted by molar-refractivity contribution is -0.384.